The van der Waals surface area contributed by atoms with Crippen LogP contribution < -0.4 is 5.32 Å². The normalized spacial score (nSPS) is 16.2. The highest BCUT2D eigenvalue weighted by atomic mass is 79.9. The van der Waals surface area contributed by atoms with Gasteiger partial charge in [-0.25, -0.2) is 14.5 Å². The standard InChI is InChI=1S/C24H27BrN6O3/c1-24(2,3)34-23(33)30-11-5-6-16(14-30)22(32)28-18-9-10-19(26-13-18)17-12-27-31(15-17)21-8-4-7-20(25)29-21/h4,7-10,12-13,15-16H,5-6,11,14H2,1-3H3,(H,28,32)/t16-/m0/s1. The number of nitrogens with one attached hydrogen (secondary N) is 1. The monoisotopic (exact) mass is 526 g/mol. The highest BCUT2D eigenvalue weighted by Crippen LogP contribution is 2.23. The van der Waals surface area contributed by atoms with Gasteiger partial charge < -0.3 is 15.0 Å². The molecule has 0 spiro atoms. The Morgan fingerprint density at radius 2 is 2.00 bits per heavy atom. The van der Waals surface area contributed by atoms with Crippen molar-refractivity contribution in [2.24, 2.45) is 5.92 Å². The summed E-state index contributed by atoms with van der Waals surface area (Å²) in [6, 6.07) is 9.25. The largest absolute Gasteiger partial charge is 0.444 e. The number of carbonyl (C=O) groups is 2. The topological polar surface area (TPSA) is 102 Å². The van der Waals surface area contributed by atoms with Crippen molar-refractivity contribution in [3.63, 3.8) is 0 Å². The van der Waals surface area contributed by atoms with Gasteiger partial charge in [0.15, 0.2) is 5.82 Å². The third-order valence-electron chi connectivity index (χ3n) is 5.29. The Hall–Kier alpha value is -3.27. The SMILES string of the molecule is CC(C)(C)OC(=O)N1CCC[C@H](C(=O)Nc2ccc(-c3cnn(-c4cccc(Br)n4)c3)nc2)C1. The number of hydrogen-bond acceptors (Lipinski definition) is 6. The molecule has 178 valence electrons. The maximum atomic E-state index is 12.8. The van der Waals surface area contributed by atoms with Crippen LogP contribution in [0.4, 0.5) is 10.5 Å². The molecule has 1 aliphatic heterocycles. The average Bonchev–Trinajstić information content (AvgIpc) is 3.29. The minimum Gasteiger partial charge on any atom is -0.444 e. The number of rotatable bonds is 4. The molecule has 3 aromatic rings. The Morgan fingerprint density at radius 3 is 2.71 bits per heavy atom. The molecule has 4 heterocycles. The lowest BCUT2D eigenvalue weighted by atomic mass is 9.97. The van der Waals surface area contributed by atoms with Crippen LogP contribution >= 0.6 is 15.9 Å². The predicted octanol–water partition coefficient (Wildman–Crippen LogP) is 4.68. The van der Waals surface area contributed by atoms with Gasteiger partial charge in [-0.1, -0.05) is 6.07 Å². The summed E-state index contributed by atoms with van der Waals surface area (Å²) in [5.74, 6) is 0.269. The van der Waals surface area contributed by atoms with Crippen molar-refractivity contribution >= 4 is 33.6 Å². The first-order valence-corrected chi connectivity index (χ1v) is 11.9. The summed E-state index contributed by atoms with van der Waals surface area (Å²) >= 11 is 3.36. The summed E-state index contributed by atoms with van der Waals surface area (Å²) < 4.78 is 7.85. The van der Waals surface area contributed by atoms with Gasteiger partial charge in [-0.15, -0.1) is 0 Å². The van der Waals surface area contributed by atoms with Crippen LogP contribution in [0.15, 0.2) is 53.5 Å². The van der Waals surface area contributed by atoms with E-state index in [-0.39, 0.29) is 17.9 Å². The second-order valence-corrected chi connectivity index (χ2v) is 9.99. The lowest BCUT2D eigenvalue weighted by molar-refractivity contribution is -0.121. The molecule has 34 heavy (non-hydrogen) atoms. The quantitative estimate of drug-likeness (QED) is 0.495. The van der Waals surface area contributed by atoms with E-state index in [4.69, 9.17) is 4.74 Å². The van der Waals surface area contributed by atoms with E-state index < -0.39 is 5.60 Å². The second kappa shape index (κ2) is 9.92. The fourth-order valence-corrected chi connectivity index (χ4v) is 4.01. The average molecular weight is 527 g/mol. The van der Waals surface area contributed by atoms with E-state index in [1.54, 1.807) is 22.0 Å². The molecule has 1 fully saturated rings. The molecule has 4 rings (SSSR count). The van der Waals surface area contributed by atoms with Crippen LogP contribution in [0.5, 0.6) is 0 Å². The van der Waals surface area contributed by atoms with Crippen LogP contribution in [0.3, 0.4) is 0 Å². The molecular weight excluding hydrogens is 500 g/mol. The van der Waals surface area contributed by atoms with Crippen LogP contribution in [0, 0.1) is 5.92 Å². The molecule has 9 nitrogen and oxygen atoms in total. The molecule has 1 atom stereocenters. The van der Waals surface area contributed by atoms with Crippen molar-refractivity contribution in [1.82, 2.24) is 24.6 Å². The zero-order valence-electron chi connectivity index (χ0n) is 19.4. The van der Waals surface area contributed by atoms with Gasteiger partial charge in [0.25, 0.3) is 0 Å². The lowest BCUT2D eigenvalue weighted by Crippen LogP contribution is -2.45. The summed E-state index contributed by atoms with van der Waals surface area (Å²) in [6.07, 6.45) is 6.29. The molecule has 0 saturated carbocycles. The van der Waals surface area contributed by atoms with Crippen molar-refractivity contribution in [3.8, 4) is 17.1 Å². The third kappa shape index (κ3) is 5.99. The Labute approximate surface area is 206 Å². The van der Waals surface area contributed by atoms with Gasteiger partial charge in [0.05, 0.1) is 29.7 Å². The first-order valence-electron chi connectivity index (χ1n) is 11.1. The van der Waals surface area contributed by atoms with Crippen molar-refractivity contribution < 1.29 is 14.3 Å². The van der Waals surface area contributed by atoms with Gasteiger partial charge in [0, 0.05) is 24.8 Å². The number of carbonyl (C=O) groups excluding carboxylic acids is 2. The number of halogens is 1. The fourth-order valence-electron chi connectivity index (χ4n) is 3.67. The van der Waals surface area contributed by atoms with Gasteiger partial charge in [-0.3, -0.25) is 9.78 Å². The molecular formula is C24H27BrN6O3. The minimum absolute atomic E-state index is 0.128. The summed E-state index contributed by atoms with van der Waals surface area (Å²) in [5, 5.41) is 7.28. The summed E-state index contributed by atoms with van der Waals surface area (Å²) in [7, 11) is 0. The minimum atomic E-state index is -0.565. The van der Waals surface area contributed by atoms with Crippen LogP contribution in [0.2, 0.25) is 0 Å². The number of hydrogen-bond donors (Lipinski definition) is 1. The van der Waals surface area contributed by atoms with Crippen LogP contribution in [-0.2, 0) is 9.53 Å². The van der Waals surface area contributed by atoms with E-state index in [0.717, 1.165) is 28.7 Å². The summed E-state index contributed by atoms with van der Waals surface area (Å²) in [4.78, 5) is 35.7. The first kappa shape index (κ1) is 23.9. The number of likely N-dealkylation sites (tertiary alicyclic amines) is 1. The van der Waals surface area contributed by atoms with E-state index in [9.17, 15) is 9.59 Å². The number of amides is 2. The van der Waals surface area contributed by atoms with Crippen LogP contribution in [0.1, 0.15) is 33.6 Å². The zero-order valence-corrected chi connectivity index (χ0v) is 20.9. The number of piperidine rings is 1. The van der Waals surface area contributed by atoms with E-state index in [0.29, 0.717) is 24.6 Å². The third-order valence-corrected chi connectivity index (χ3v) is 5.73. The van der Waals surface area contributed by atoms with Gasteiger partial charge >= 0.3 is 6.09 Å². The van der Waals surface area contributed by atoms with Gasteiger partial charge in [-0.05, 0) is 73.8 Å². The summed E-state index contributed by atoms with van der Waals surface area (Å²) in [5.41, 5.74) is 1.60. The van der Waals surface area contributed by atoms with Gasteiger partial charge in [0.1, 0.15) is 10.2 Å². The predicted molar refractivity (Wildman–Crippen MR) is 131 cm³/mol. The van der Waals surface area contributed by atoms with Crippen molar-refractivity contribution in [2.75, 3.05) is 18.4 Å². The molecule has 1 saturated heterocycles. The molecule has 3 aromatic heterocycles. The second-order valence-electron chi connectivity index (χ2n) is 9.18. The molecule has 1 N–H and O–H groups in total. The molecule has 1 aliphatic rings. The molecule has 10 heteroatoms. The first-order chi connectivity index (χ1) is 16.2. The molecule has 2 amide bonds. The number of anilines is 1. The van der Waals surface area contributed by atoms with Crippen molar-refractivity contribution in [1.29, 1.82) is 0 Å². The number of ether oxygens (including phenoxy) is 1. The molecule has 0 radical (unpaired) electrons. The molecule has 0 unspecified atom stereocenters. The van der Waals surface area contributed by atoms with Crippen molar-refractivity contribution in [3.05, 3.63) is 53.5 Å². The highest BCUT2D eigenvalue weighted by molar-refractivity contribution is 9.10. The molecule has 0 aliphatic carbocycles. The van der Waals surface area contributed by atoms with E-state index in [1.807, 2.05) is 57.3 Å². The fraction of sp³-hybridized carbons (Fsp3) is 0.375. The number of nitrogens with zero attached hydrogens (tertiary/aromatic N) is 5. The Morgan fingerprint density at radius 1 is 1.18 bits per heavy atom. The van der Waals surface area contributed by atoms with E-state index >= 15 is 0 Å². The highest BCUT2D eigenvalue weighted by Gasteiger charge is 2.31. The summed E-state index contributed by atoms with van der Waals surface area (Å²) in [6.45, 7) is 6.43. The van der Waals surface area contributed by atoms with Crippen LogP contribution in [-0.4, -0.2) is 55.3 Å². The van der Waals surface area contributed by atoms with Gasteiger partial charge in [-0.2, -0.15) is 5.10 Å². The maximum Gasteiger partial charge on any atom is 0.410 e. The maximum absolute atomic E-state index is 12.8. The van der Waals surface area contributed by atoms with Gasteiger partial charge in [0.2, 0.25) is 5.91 Å². The van der Waals surface area contributed by atoms with E-state index in [2.05, 4.69) is 36.3 Å². The zero-order chi connectivity index (χ0) is 24.3. The molecule has 0 aromatic carbocycles. The number of pyridine rings is 2. The molecule has 0 bridgehead atoms. The lowest BCUT2D eigenvalue weighted by Gasteiger charge is -2.33. The smallest absolute Gasteiger partial charge is 0.410 e. The Kier molecular flexibility index (Phi) is 6.97. The van der Waals surface area contributed by atoms with Crippen molar-refractivity contribution in [2.45, 2.75) is 39.2 Å². The Balaban J connectivity index is 1.37. The van der Waals surface area contributed by atoms with Crippen LogP contribution in [0.25, 0.3) is 17.1 Å². The van der Waals surface area contributed by atoms with E-state index in [1.165, 1.54) is 0 Å². The Bertz CT molecular complexity index is 1170. The number of aromatic nitrogens is 4.